The van der Waals surface area contributed by atoms with Crippen molar-refractivity contribution in [1.82, 2.24) is 0 Å². The first-order valence-electron chi connectivity index (χ1n) is 23.6. The van der Waals surface area contributed by atoms with Gasteiger partial charge in [-0.2, -0.15) is 0 Å². The van der Waals surface area contributed by atoms with Gasteiger partial charge < -0.3 is 64.2 Å². The number of carbonyl (C=O) groups is 1. The Morgan fingerprint density at radius 1 is 0.492 bits per heavy atom. The first-order valence-corrected chi connectivity index (χ1v) is 23.6. The topological polar surface area (TPSA) is 214 Å². The van der Waals surface area contributed by atoms with E-state index in [4.69, 9.17) is 28.4 Å². The zero-order chi connectivity index (χ0) is 43.1. The molecule has 2 aliphatic rings. The molecule has 0 aromatic rings. The molecular formula is C45H86O14. The van der Waals surface area contributed by atoms with E-state index in [0.29, 0.717) is 13.0 Å². The third-order valence-corrected chi connectivity index (χ3v) is 11.6. The SMILES string of the molecule is CCCCCCCCCCCCCCCCCCCCCC(=O)OC(COCCCCCCCC)COC1OC(COC2OC(CO)C(O)C(O)C2O)C(O)C(O)C1O. The Bertz CT molecular complexity index is 990. The molecule has 0 spiro atoms. The van der Waals surface area contributed by atoms with Gasteiger partial charge in [0.15, 0.2) is 12.6 Å². The summed E-state index contributed by atoms with van der Waals surface area (Å²) in [7, 11) is 0. The summed E-state index contributed by atoms with van der Waals surface area (Å²) in [5.41, 5.74) is 0. The first-order chi connectivity index (χ1) is 28.6. The minimum atomic E-state index is -1.70. The lowest BCUT2D eigenvalue weighted by Gasteiger charge is -2.42. The highest BCUT2D eigenvalue weighted by atomic mass is 16.7. The fraction of sp³-hybridized carbons (Fsp3) is 0.978. The minimum Gasteiger partial charge on any atom is -0.457 e. The van der Waals surface area contributed by atoms with E-state index in [1.54, 1.807) is 0 Å². The Morgan fingerprint density at radius 3 is 1.37 bits per heavy atom. The second-order valence-corrected chi connectivity index (χ2v) is 16.9. The molecule has 0 bridgehead atoms. The molecule has 2 aliphatic heterocycles. The normalized spacial score (nSPS) is 27.9. The van der Waals surface area contributed by atoms with E-state index in [1.807, 2.05) is 0 Å². The highest BCUT2D eigenvalue weighted by molar-refractivity contribution is 5.69. The zero-order valence-electron chi connectivity index (χ0n) is 36.8. The lowest BCUT2D eigenvalue weighted by Crippen LogP contribution is -2.61. The summed E-state index contributed by atoms with van der Waals surface area (Å²) < 4.78 is 34.0. The number of hydrogen-bond donors (Lipinski definition) is 7. The maximum atomic E-state index is 12.9. The van der Waals surface area contributed by atoms with Gasteiger partial charge in [0.05, 0.1) is 26.4 Å². The van der Waals surface area contributed by atoms with Crippen molar-refractivity contribution in [3.05, 3.63) is 0 Å². The van der Waals surface area contributed by atoms with Crippen LogP contribution in [0.25, 0.3) is 0 Å². The van der Waals surface area contributed by atoms with E-state index in [0.717, 1.165) is 38.5 Å². The lowest BCUT2D eigenvalue weighted by molar-refractivity contribution is -0.332. The Hall–Kier alpha value is -1.01. The molecule has 2 fully saturated rings. The standard InChI is InChI=1S/C45H86O14/c1-3-5-7-9-11-12-13-14-15-16-17-18-19-20-21-22-23-24-26-28-37(47)57-34(31-54-29-27-25-10-8-6-4-2)32-55-44-43(53)41(51)39(49)36(59-44)33-56-45-42(52)40(50)38(48)35(30-46)58-45/h34-36,38-46,48-53H,3-33H2,1-2H3. The maximum Gasteiger partial charge on any atom is 0.306 e. The molecule has 0 amide bonds. The van der Waals surface area contributed by atoms with Crippen molar-refractivity contribution in [3.63, 3.8) is 0 Å². The Kier molecular flexibility index (Phi) is 31.6. The molecule has 2 heterocycles. The molecule has 0 saturated carbocycles. The van der Waals surface area contributed by atoms with Crippen LogP contribution in [0.5, 0.6) is 0 Å². The summed E-state index contributed by atoms with van der Waals surface area (Å²) in [6.07, 6.45) is 14.9. The predicted octanol–water partition coefficient (Wildman–Crippen LogP) is 5.74. The van der Waals surface area contributed by atoms with E-state index in [-0.39, 0.29) is 25.6 Å². The molecule has 0 radical (unpaired) electrons. The number of aliphatic hydroxyl groups is 7. The molecule has 11 atom stereocenters. The second kappa shape index (κ2) is 34.5. The molecule has 350 valence electrons. The van der Waals surface area contributed by atoms with Crippen molar-refractivity contribution >= 4 is 5.97 Å². The van der Waals surface area contributed by atoms with Gasteiger partial charge in [-0.15, -0.1) is 0 Å². The lowest BCUT2D eigenvalue weighted by atomic mass is 9.98. The van der Waals surface area contributed by atoms with Gasteiger partial charge in [-0.3, -0.25) is 4.79 Å². The first kappa shape index (κ1) is 54.1. The van der Waals surface area contributed by atoms with Crippen LogP contribution >= 0.6 is 0 Å². The van der Waals surface area contributed by atoms with Crippen LogP contribution in [0.15, 0.2) is 0 Å². The zero-order valence-corrected chi connectivity index (χ0v) is 36.8. The van der Waals surface area contributed by atoms with E-state index < -0.39 is 80.7 Å². The van der Waals surface area contributed by atoms with Crippen molar-refractivity contribution in [1.29, 1.82) is 0 Å². The Balaban J connectivity index is 1.71. The van der Waals surface area contributed by atoms with Gasteiger partial charge in [0.1, 0.15) is 54.9 Å². The smallest absolute Gasteiger partial charge is 0.306 e. The Labute approximate surface area is 355 Å². The second-order valence-electron chi connectivity index (χ2n) is 16.9. The third-order valence-electron chi connectivity index (χ3n) is 11.6. The minimum absolute atomic E-state index is 0.0670. The maximum absolute atomic E-state index is 12.9. The van der Waals surface area contributed by atoms with Crippen molar-refractivity contribution in [2.45, 2.75) is 248 Å². The predicted molar refractivity (Wildman–Crippen MR) is 224 cm³/mol. The van der Waals surface area contributed by atoms with E-state index in [1.165, 1.54) is 116 Å². The monoisotopic (exact) mass is 851 g/mol. The fourth-order valence-electron chi connectivity index (χ4n) is 7.70. The van der Waals surface area contributed by atoms with Crippen LogP contribution in [0.1, 0.15) is 181 Å². The Morgan fingerprint density at radius 2 is 0.898 bits per heavy atom. The number of rotatable bonds is 37. The molecule has 11 unspecified atom stereocenters. The molecule has 0 aromatic carbocycles. The summed E-state index contributed by atoms with van der Waals surface area (Å²) in [5, 5.41) is 71.7. The molecule has 14 heteroatoms. The average molecular weight is 851 g/mol. The number of hydrogen-bond acceptors (Lipinski definition) is 14. The van der Waals surface area contributed by atoms with Crippen molar-refractivity contribution in [2.75, 3.05) is 33.0 Å². The number of carbonyl (C=O) groups excluding carboxylic acids is 1. The summed E-state index contributed by atoms with van der Waals surface area (Å²) >= 11 is 0. The molecular weight excluding hydrogens is 764 g/mol. The molecule has 2 saturated heterocycles. The van der Waals surface area contributed by atoms with E-state index in [9.17, 15) is 40.5 Å². The highest BCUT2D eigenvalue weighted by Gasteiger charge is 2.47. The van der Waals surface area contributed by atoms with Gasteiger partial charge in [-0.05, 0) is 12.8 Å². The summed E-state index contributed by atoms with van der Waals surface area (Å²) in [6.45, 7) is 3.65. The van der Waals surface area contributed by atoms with E-state index >= 15 is 0 Å². The van der Waals surface area contributed by atoms with Gasteiger partial charge in [-0.1, -0.05) is 162 Å². The van der Waals surface area contributed by atoms with Crippen LogP contribution in [0.2, 0.25) is 0 Å². The van der Waals surface area contributed by atoms with Crippen LogP contribution in [0, 0.1) is 0 Å². The highest BCUT2D eigenvalue weighted by Crippen LogP contribution is 2.26. The van der Waals surface area contributed by atoms with Crippen LogP contribution < -0.4 is 0 Å². The largest absolute Gasteiger partial charge is 0.457 e. The van der Waals surface area contributed by atoms with Crippen molar-refractivity contribution in [3.8, 4) is 0 Å². The van der Waals surface area contributed by atoms with Gasteiger partial charge in [0.2, 0.25) is 0 Å². The summed E-state index contributed by atoms with van der Waals surface area (Å²) in [5.74, 6) is -0.375. The molecule has 2 rings (SSSR count). The number of aliphatic hydroxyl groups excluding tert-OH is 7. The van der Waals surface area contributed by atoms with Crippen LogP contribution in [0.4, 0.5) is 0 Å². The third kappa shape index (κ3) is 23.3. The molecule has 7 N–H and O–H groups in total. The number of ether oxygens (including phenoxy) is 6. The molecule has 59 heavy (non-hydrogen) atoms. The molecule has 0 aromatic heterocycles. The molecule has 14 nitrogen and oxygen atoms in total. The average Bonchev–Trinajstić information content (AvgIpc) is 3.23. The number of unbranched alkanes of at least 4 members (excludes halogenated alkanes) is 23. The van der Waals surface area contributed by atoms with Crippen molar-refractivity contribution in [2.24, 2.45) is 0 Å². The quantitative estimate of drug-likeness (QED) is 0.0294. The van der Waals surface area contributed by atoms with Crippen LogP contribution in [-0.4, -0.2) is 142 Å². The van der Waals surface area contributed by atoms with Crippen molar-refractivity contribution < 1.29 is 69.0 Å². The van der Waals surface area contributed by atoms with Gasteiger partial charge in [-0.25, -0.2) is 0 Å². The van der Waals surface area contributed by atoms with Crippen LogP contribution in [-0.2, 0) is 33.2 Å². The number of esters is 1. The summed E-state index contributed by atoms with van der Waals surface area (Å²) in [6, 6.07) is 0. The van der Waals surface area contributed by atoms with E-state index in [2.05, 4.69) is 13.8 Å². The molecule has 0 aliphatic carbocycles. The van der Waals surface area contributed by atoms with Gasteiger partial charge in [0.25, 0.3) is 0 Å². The van der Waals surface area contributed by atoms with Gasteiger partial charge >= 0.3 is 5.97 Å². The summed E-state index contributed by atoms with van der Waals surface area (Å²) in [4.78, 5) is 12.9. The van der Waals surface area contributed by atoms with Gasteiger partial charge in [0, 0.05) is 13.0 Å². The van der Waals surface area contributed by atoms with Crippen LogP contribution in [0.3, 0.4) is 0 Å². The fourth-order valence-corrected chi connectivity index (χ4v) is 7.70.